The second-order valence-electron chi connectivity index (χ2n) is 16.0. The maximum absolute atomic E-state index is 13.9. The van der Waals surface area contributed by atoms with Crippen LogP contribution in [0.1, 0.15) is 27.8 Å². The zero-order valence-electron chi connectivity index (χ0n) is 34.3. The van der Waals surface area contributed by atoms with Gasteiger partial charge in [0.05, 0.1) is 67.3 Å². The molecule has 68 heavy (non-hydrogen) atoms. The molecule has 0 aliphatic rings. The molecule has 7 aromatic carbocycles. The molecule has 3 heterocycles. The van der Waals surface area contributed by atoms with Gasteiger partial charge < -0.3 is 9.13 Å². The maximum Gasteiger partial charge on any atom is 0.416 e. The van der Waals surface area contributed by atoms with E-state index in [2.05, 4.69) is 6.07 Å². The van der Waals surface area contributed by atoms with Gasteiger partial charge >= 0.3 is 24.7 Å². The summed E-state index contributed by atoms with van der Waals surface area (Å²) >= 11 is 0. The van der Waals surface area contributed by atoms with Gasteiger partial charge in [-0.15, -0.1) is 0 Å². The number of alkyl halides is 12. The number of benzene rings is 7. The number of para-hydroxylation sites is 2. The lowest BCUT2D eigenvalue weighted by Gasteiger charge is -2.16. The fourth-order valence-corrected chi connectivity index (χ4v) is 8.80. The van der Waals surface area contributed by atoms with E-state index in [0.717, 1.165) is 0 Å². The van der Waals surface area contributed by atoms with Gasteiger partial charge in [0, 0.05) is 39.0 Å². The number of halogens is 12. The van der Waals surface area contributed by atoms with Crippen LogP contribution in [0.25, 0.3) is 88.5 Å². The third kappa shape index (κ3) is 7.63. The van der Waals surface area contributed by atoms with Crippen LogP contribution in [0.3, 0.4) is 0 Å². The molecule has 0 unspecified atom stereocenters. The molecule has 0 amide bonds. The highest BCUT2D eigenvalue weighted by Gasteiger charge is 2.38. The minimum atomic E-state index is -5.05. The van der Waals surface area contributed by atoms with Gasteiger partial charge in [-0.2, -0.15) is 57.9 Å². The van der Waals surface area contributed by atoms with Crippen LogP contribution in [0.2, 0.25) is 0 Å². The molecule has 338 valence electrons. The molecule has 0 saturated heterocycles. The van der Waals surface area contributed by atoms with Gasteiger partial charge in [-0.05, 0) is 125 Å². The standard InChI is InChI=1S/C52H26F12N4/c53-49(54,55)33-18-31(19-34(24-33)50(56,57)58)29-10-13-46-40(22-29)38-5-1-3-7-44(38)67(46)37-15-16-66-43(26-37)42-17-28(27-65)9-12-48(42)68-45-8-4-2-6-39(45)41-23-30(11-14-47(41)68)32-20-35(51(59,60)61)25-36(21-32)52(62,63)64/h1-26H. The minimum absolute atomic E-state index is 0.0730. The molecule has 0 spiro atoms. The van der Waals surface area contributed by atoms with Crippen molar-refractivity contribution in [2.75, 3.05) is 0 Å². The van der Waals surface area contributed by atoms with E-state index in [4.69, 9.17) is 4.98 Å². The van der Waals surface area contributed by atoms with Gasteiger partial charge in [-0.1, -0.05) is 48.5 Å². The Kier molecular flexibility index (Phi) is 9.99. The Hall–Kier alpha value is -8.06. The molecule has 10 rings (SSSR count). The fourth-order valence-electron chi connectivity index (χ4n) is 8.80. The van der Waals surface area contributed by atoms with Gasteiger partial charge in [-0.25, -0.2) is 0 Å². The summed E-state index contributed by atoms with van der Waals surface area (Å²) in [6, 6.07) is 36.7. The van der Waals surface area contributed by atoms with Crippen LogP contribution < -0.4 is 0 Å². The second kappa shape index (κ2) is 15.5. The number of rotatable bonds is 5. The van der Waals surface area contributed by atoms with Crippen molar-refractivity contribution in [3.63, 3.8) is 0 Å². The summed E-state index contributed by atoms with van der Waals surface area (Å²) < 4.78 is 170. The molecule has 0 radical (unpaired) electrons. The van der Waals surface area contributed by atoms with Gasteiger partial charge in [0.25, 0.3) is 0 Å². The van der Waals surface area contributed by atoms with Crippen LogP contribution in [0, 0.1) is 11.3 Å². The van der Waals surface area contributed by atoms with E-state index in [0.29, 0.717) is 90.5 Å². The highest BCUT2D eigenvalue weighted by Crippen LogP contribution is 2.44. The molecule has 3 aromatic heterocycles. The highest BCUT2D eigenvalue weighted by atomic mass is 19.4. The molecule has 10 aromatic rings. The predicted octanol–water partition coefficient (Wildman–Crippen LogP) is 16.2. The topological polar surface area (TPSA) is 46.5 Å². The third-order valence-electron chi connectivity index (χ3n) is 11.8. The molecular formula is C52H26F12N4. The van der Waals surface area contributed by atoms with E-state index in [9.17, 15) is 57.9 Å². The molecule has 0 N–H and O–H groups in total. The molecule has 0 saturated carbocycles. The molecule has 16 heteroatoms. The average molecular weight is 935 g/mol. The molecule has 0 atom stereocenters. The number of hydrogen-bond donors (Lipinski definition) is 0. The number of aromatic nitrogens is 3. The zero-order chi connectivity index (χ0) is 48.1. The summed E-state index contributed by atoms with van der Waals surface area (Å²) in [6.45, 7) is 0. The lowest BCUT2D eigenvalue weighted by Crippen LogP contribution is -2.11. The number of nitriles is 1. The smallest absolute Gasteiger partial charge is 0.309 e. The van der Waals surface area contributed by atoms with Crippen LogP contribution in [0.4, 0.5) is 52.7 Å². The van der Waals surface area contributed by atoms with Gasteiger partial charge in [-0.3, -0.25) is 4.98 Å². The van der Waals surface area contributed by atoms with Crippen LogP contribution in [-0.2, 0) is 24.7 Å². The van der Waals surface area contributed by atoms with Crippen molar-refractivity contribution in [2.24, 2.45) is 0 Å². The summed E-state index contributed by atoms with van der Waals surface area (Å²) in [5, 5.41) is 12.4. The van der Waals surface area contributed by atoms with Crippen molar-refractivity contribution >= 4 is 43.6 Å². The summed E-state index contributed by atoms with van der Waals surface area (Å²) in [5.74, 6) is 0. The van der Waals surface area contributed by atoms with E-state index in [1.165, 1.54) is 30.5 Å². The van der Waals surface area contributed by atoms with Crippen molar-refractivity contribution in [1.82, 2.24) is 14.1 Å². The summed E-state index contributed by atoms with van der Waals surface area (Å²) in [4.78, 5) is 4.70. The van der Waals surface area contributed by atoms with Gasteiger partial charge in [0.1, 0.15) is 0 Å². The van der Waals surface area contributed by atoms with Crippen molar-refractivity contribution in [1.29, 1.82) is 5.26 Å². The largest absolute Gasteiger partial charge is 0.416 e. The maximum atomic E-state index is 13.9. The Morgan fingerprint density at radius 1 is 0.397 bits per heavy atom. The van der Waals surface area contributed by atoms with Crippen molar-refractivity contribution in [2.45, 2.75) is 24.7 Å². The van der Waals surface area contributed by atoms with E-state index >= 15 is 0 Å². The first-order chi connectivity index (χ1) is 32.2. The van der Waals surface area contributed by atoms with Crippen LogP contribution in [0.15, 0.2) is 158 Å². The first kappa shape index (κ1) is 43.8. The Bertz CT molecular complexity index is 3650. The first-order valence-electron chi connectivity index (χ1n) is 20.3. The van der Waals surface area contributed by atoms with Crippen molar-refractivity contribution < 1.29 is 52.7 Å². The monoisotopic (exact) mass is 934 g/mol. The van der Waals surface area contributed by atoms with Gasteiger partial charge in [0.2, 0.25) is 0 Å². The van der Waals surface area contributed by atoms with Crippen LogP contribution in [0.5, 0.6) is 0 Å². The van der Waals surface area contributed by atoms with E-state index in [1.807, 2.05) is 9.13 Å². The Morgan fingerprint density at radius 2 is 0.838 bits per heavy atom. The molecular weight excluding hydrogens is 909 g/mol. The van der Waals surface area contributed by atoms with Gasteiger partial charge in [0.15, 0.2) is 0 Å². The Morgan fingerprint density at radius 3 is 1.31 bits per heavy atom. The lowest BCUT2D eigenvalue weighted by molar-refractivity contribution is -0.144. The average Bonchev–Trinajstić information content (AvgIpc) is 3.82. The Labute approximate surface area is 376 Å². The molecule has 0 fully saturated rings. The fraction of sp³-hybridized carbons (Fsp3) is 0.0769. The van der Waals surface area contributed by atoms with E-state index in [1.54, 1.807) is 91.0 Å². The normalized spacial score (nSPS) is 12.7. The number of fused-ring (bicyclic) bond motifs is 6. The number of nitrogens with zero attached hydrogens (tertiary/aromatic N) is 4. The summed E-state index contributed by atoms with van der Waals surface area (Å²) in [7, 11) is 0. The van der Waals surface area contributed by atoms with E-state index < -0.39 is 47.0 Å². The first-order valence-corrected chi connectivity index (χ1v) is 20.3. The van der Waals surface area contributed by atoms with Crippen molar-refractivity contribution in [3.8, 4) is 51.0 Å². The predicted molar refractivity (Wildman–Crippen MR) is 234 cm³/mol. The minimum Gasteiger partial charge on any atom is -0.309 e. The highest BCUT2D eigenvalue weighted by molar-refractivity contribution is 6.12. The molecule has 0 aliphatic heterocycles. The quantitative estimate of drug-likeness (QED) is 0.161. The number of pyridine rings is 1. The van der Waals surface area contributed by atoms with Crippen LogP contribution in [-0.4, -0.2) is 14.1 Å². The molecule has 4 nitrogen and oxygen atoms in total. The molecule has 0 bridgehead atoms. The molecule has 0 aliphatic carbocycles. The number of hydrogen-bond acceptors (Lipinski definition) is 2. The lowest BCUT2D eigenvalue weighted by atomic mass is 9.97. The third-order valence-corrected chi connectivity index (χ3v) is 11.8. The van der Waals surface area contributed by atoms with Crippen molar-refractivity contribution in [3.05, 3.63) is 186 Å². The van der Waals surface area contributed by atoms with Crippen LogP contribution >= 0.6 is 0 Å². The summed E-state index contributed by atoms with van der Waals surface area (Å²) in [5.41, 5.74) is -1.67. The Balaban J connectivity index is 1.13. The zero-order valence-corrected chi connectivity index (χ0v) is 34.3. The summed E-state index contributed by atoms with van der Waals surface area (Å²) in [6.07, 6.45) is -18.7. The second-order valence-corrected chi connectivity index (χ2v) is 16.0. The SMILES string of the molecule is N#Cc1ccc(-n2c3ccccc3c3cc(-c4cc(C(F)(F)F)cc(C(F)(F)F)c4)ccc32)c(-c2cc(-n3c4ccccc4c4cc(-c5cc(C(F)(F)F)cc(C(F)(F)F)c5)ccc43)ccn2)c1. The van der Waals surface area contributed by atoms with E-state index in [-0.39, 0.29) is 39.9 Å².